The number of aromatic nitrogens is 3. The third-order valence-electron chi connectivity index (χ3n) is 4.05. The molecule has 23 heavy (non-hydrogen) atoms. The van der Waals surface area contributed by atoms with E-state index in [2.05, 4.69) is 15.4 Å². The first-order chi connectivity index (χ1) is 11.0. The molecule has 1 fully saturated rings. The fourth-order valence-electron chi connectivity index (χ4n) is 2.76. The largest absolute Gasteiger partial charge is 0.348 e. The number of amides is 1. The van der Waals surface area contributed by atoms with Crippen molar-refractivity contribution in [3.8, 4) is 0 Å². The summed E-state index contributed by atoms with van der Waals surface area (Å²) in [7, 11) is -2.98. The number of carbonyl (C=O) groups excluding carboxylic acids is 1. The monoisotopic (exact) mass is 334 g/mol. The summed E-state index contributed by atoms with van der Waals surface area (Å²) in [6.45, 7) is 2.20. The lowest BCUT2D eigenvalue weighted by Crippen LogP contribution is -2.23. The highest BCUT2D eigenvalue weighted by Crippen LogP contribution is 2.25. The van der Waals surface area contributed by atoms with E-state index in [4.69, 9.17) is 0 Å². The van der Waals surface area contributed by atoms with Gasteiger partial charge in [0.25, 0.3) is 5.91 Å². The van der Waals surface area contributed by atoms with Crippen molar-refractivity contribution in [2.24, 2.45) is 0 Å². The van der Waals surface area contributed by atoms with Crippen molar-refractivity contribution in [3.63, 3.8) is 0 Å². The molecule has 0 bridgehead atoms. The molecule has 3 rings (SSSR count). The SMILES string of the molecule is Cc1c(C(=O)NCc2ccncc2)cnn1[C@H]1CCS(=O)(=O)C1. The van der Waals surface area contributed by atoms with Gasteiger partial charge in [-0.25, -0.2) is 8.42 Å². The molecule has 1 saturated heterocycles. The van der Waals surface area contributed by atoms with Crippen LogP contribution in [0.2, 0.25) is 0 Å². The first-order valence-electron chi connectivity index (χ1n) is 7.38. The normalized spacial score (nSPS) is 19.6. The molecule has 8 heteroatoms. The summed E-state index contributed by atoms with van der Waals surface area (Å²) in [5.74, 6) is 0.0557. The fraction of sp³-hybridized carbons (Fsp3) is 0.400. The van der Waals surface area contributed by atoms with Gasteiger partial charge >= 0.3 is 0 Å². The molecule has 2 aromatic heterocycles. The van der Waals surface area contributed by atoms with Gasteiger partial charge in [-0.15, -0.1) is 0 Å². The Bertz CT molecular complexity index is 815. The number of nitrogens with one attached hydrogen (secondary N) is 1. The van der Waals surface area contributed by atoms with E-state index in [1.165, 1.54) is 6.20 Å². The molecule has 1 N–H and O–H groups in total. The van der Waals surface area contributed by atoms with Crippen molar-refractivity contribution in [1.82, 2.24) is 20.1 Å². The molecule has 0 aromatic carbocycles. The van der Waals surface area contributed by atoms with Gasteiger partial charge < -0.3 is 5.32 Å². The third-order valence-corrected chi connectivity index (χ3v) is 5.80. The van der Waals surface area contributed by atoms with E-state index in [1.54, 1.807) is 24.0 Å². The van der Waals surface area contributed by atoms with Gasteiger partial charge in [0.2, 0.25) is 0 Å². The average molecular weight is 334 g/mol. The lowest BCUT2D eigenvalue weighted by Gasteiger charge is -2.11. The van der Waals surface area contributed by atoms with Crippen LogP contribution in [0.5, 0.6) is 0 Å². The summed E-state index contributed by atoms with van der Waals surface area (Å²) in [5, 5.41) is 7.06. The molecule has 1 aliphatic rings. The summed E-state index contributed by atoms with van der Waals surface area (Å²) < 4.78 is 24.9. The van der Waals surface area contributed by atoms with E-state index in [1.807, 2.05) is 12.1 Å². The minimum Gasteiger partial charge on any atom is -0.348 e. The molecule has 0 spiro atoms. The van der Waals surface area contributed by atoms with Crippen molar-refractivity contribution < 1.29 is 13.2 Å². The Morgan fingerprint density at radius 2 is 2.13 bits per heavy atom. The summed E-state index contributed by atoms with van der Waals surface area (Å²) in [5.41, 5.74) is 2.13. The van der Waals surface area contributed by atoms with Crippen molar-refractivity contribution in [3.05, 3.63) is 47.5 Å². The molecule has 1 atom stereocenters. The number of hydrogen-bond acceptors (Lipinski definition) is 5. The van der Waals surface area contributed by atoms with Crippen molar-refractivity contribution in [1.29, 1.82) is 0 Å². The Kier molecular flexibility index (Phi) is 4.16. The van der Waals surface area contributed by atoms with Gasteiger partial charge in [0, 0.05) is 24.6 Å². The van der Waals surface area contributed by atoms with Crippen LogP contribution in [0.15, 0.2) is 30.7 Å². The fourth-order valence-corrected chi connectivity index (χ4v) is 4.45. The minimum absolute atomic E-state index is 0.0909. The van der Waals surface area contributed by atoms with Gasteiger partial charge in [0.05, 0.1) is 29.3 Å². The first kappa shape index (κ1) is 15.7. The number of rotatable bonds is 4. The zero-order chi connectivity index (χ0) is 16.4. The number of carbonyl (C=O) groups is 1. The van der Waals surface area contributed by atoms with Gasteiger partial charge in [-0.1, -0.05) is 0 Å². The predicted octanol–water partition coefficient (Wildman–Crippen LogP) is 0.876. The van der Waals surface area contributed by atoms with Crippen molar-refractivity contribution in [2.45, 2.75) is 25.9 Å². The van der Waals surface area contributed by atoms with E-state index >= 15 is 0 Å². The summed E-state index contributed by atoms with van der Waals surface area (Å²) in [4.78, 5) is 16.2. The van der Waals surface area contributed by atoms with Crippen LogP contribution in [0.4, 0.5) is 0 Å². The summed E-state index contributed by atoms with van der Waals surface area (Å²) >= 11 is 0. The molecular formula is C15H18N4O3S. The minimum atomic E-state index is -2.98. The van der Waals surface area contributed by atoms with Crippen LogP contribution < -0.4 is 5.32 Å². The van der Waals surface area contributed by atoms with Crippen LogP contribution in [0.3, 0.4) is 0 Å². The highest BCUT2D eigenvalue weighted by atomic mass is 32.2. The van der Waals surface area contributed by atoms with Crippen LogP contribution in [-0.2, 0) is 16.4 Å². The standard InChI is InChI=1S/C15H18N4O3S/c1-11-14(15(20)17-8-12-2-5-16-6-3-12)9-18-19(11)13-4-7-23(21,22)10-13/h2-3,5-6,9,13H,4,7-8,10H2,1H3,(H,17,20)/t13-/m0/s1. The maximum absolute atomic E-state index is 12.3. The predicted molar refractivity (Wildman–Crippen MR) is 84.7 cm³/mol. The van der Waals surface area contributed by atoms with E-state index < -0.39 is 9.84 Å². The maximum Gasteiger partial charge on any atom is 0.255 e. The third kappa shape index (κ3) is 3.42. The number of hydrogen-bond donors (Lipinski definition) is 1. The molecule has 0 radical (unpaired) electrons. The van der Waals surface area contributed by atoms with Crippen LogP contribution in [0.1, 0.15) is 34.1 Å². The van der Waals surface area contributed by atoms with E-state index in [0.717, 1.165) is 5.56 Å². The van der Waals surface area contributed by atoms with Gasteiger partial charge in [-0.05, 0) is 31.0 Å². The molecule has 0 saturated carbocycles. The molecule has 0 aliphatic carbocycles. The quantitative estimate of drug-likeness (QED) is 0.895. The number of sulfone groups is 1. The Hall–Kier alpha value is -2.22. The molecule has 122 valence electrons. The zero-order valence-electron chi connectivity index (χ0n) is 12.8. The lowest BCUT2D eigenvalue weighted by molar-refractivity contribution is 0.0950. The van der Waals surface area contributed by atoms with Crippen LogP contribution in [-0.4, -0.2) is 40.6 Å². The number of pyridine rings is 1. The van der Waals surface area contributed by atoms with Gasteiger partial charge in [0.1, 0.15) is 0 Å². The van der Waals surface area contributed by atoms with Gasteiger partial charge in [-0.2, -0.15) is 5.10 Å². The van der Waals surface area contributed by atoms with Crippen LogP contribution in [0.25, 0.3) is 0 Å². The second-order valence-electron chi connectivity index (χ2n) is 5.68. The highest BCUT2D eigenvalue weighted by molar-refractivity contribution is 7.91. The van der Waals surface area contributed by atoms with Crippen LogP contribution >= 0.6 is 0 Å². The maximum atomic E-state index is 12.3. The molecule has 7 nitrogen and oxygen atoms in total. The van der Waals surface area contributed by atoms with Crippen molar-refractivity contribution in [2.75, 3.05) is 11.5 Å². The molecule has 1 aliphatic heterocycles. The number of nitrogens with zero attached hydrogens (tertiary/aromatic N) is 3. The Balaban J connectivity index is 1.70. The van der Waals surface area contributed by atoms with E-state index in [9.17, 15) is 13.2 Å². The topological polar surface area (TPSA) is 93.9 Å². The average Bonchev–Trinajstić information content (AvgIpc) is 3.08. The van der Waals surface area contributed by atoms with Gasteiger partial charge in [0.15, 0.2) is 9.84 Å². The molecule has 0 unspecified atom stereocenters. The highest BCUT2D eigenvalue weighted by Gasteiger charge is 2.31. The smallest absolute Gasteiger partial charge is 0.255 e. The second kappa shape index (κ2) is 6.11. The zero-order valence-corrected chi connectivity index (χ0v) is 13.6. The Morgan fingerprint density at radius 1 is 1.39 bits per heavy atom. The van der Waals surface area contributed by atoms with Crippen molar-refractivity contribution >= 4 is 15.7 Å². The lowest BCUT2D eigenvalue weighted by atomic mass is 10.2. The summed E-state index contributed by atoms with van der Waals surface area (Å²) in [6.07, 6.45) is 5.39. The molecule has 1 amide bonds. The molecular weight excluding hydrogens is 316 g/mol. The van der Waals surface area contributed by atoms with E-state index in [0.29, 0.717) is 24.2 Å². The molecule has 3 heterocycles. The first-order valence-corrected chi connectivity index (χ1v) is 9.20. The van der Waals surface area contributed by atoms with Crippen LogP contribution in [0, 0.1) is 6.92 Å². The van der Waals surface area contributed by atoms with E-state index in [-0.39, 0.29) is 23.5 Å². The Labute approximate surface area is 134 Å². The second-order valence-corrected chi connectivity index (χ2v) is 7.91. The Morgan fingerprint density at radius 3 is 2.78 bits per heavy atom. The summed E-state index contributed by atoms with van der Waals surface area (Å²) in [6, 6.07) is 3.49. The van der Waals surface area contributed by atoms with Gasteiger partial charge in [-0.3, -0.25) is 14.5 Å². The molecule has 2 aromatic rings.